The Hall–Kier alpha value is -1.39. The number of amides is 1. The Balaban J connectivity index is 2.27. The van der Waals surface area contributed by atoms with Gasteiger partial charge in [-0.05, 0) is 24.8 Å². The van der Waals surface area contributed by atoms with E-state index in [1.54, 1.807) is 0 Å². The van der Waals surface area contributed by atoms with Gasteiger partial charge in [0.2, 0.25) is 5.91 Å². The summed E-state index contributed by atoms with van der Waals surface area (Å²) >= 11 is 0. The van der Waals surface area contributed by atoms with Crippen LogP contribution in [-0.2, 0) is 11.2 Å². The molecule has 1 aromatic rings. The summed E-state index contributed by atoms with van der Waals surface area (Å²) in [7, 11) is 0. The molecule has 0 unspecified atom stereocenters. The molecule has 1 aromatic carbocycles. The number of aliphatic hydroxyl groups is 1. The summed E-state index contributed by atoms with van der Waals surface area (Å²) in [6, 6.07) is 9.20. The molecule has 1 rings (SSSR count). The van der Waals surface area contributed by atoms with E-state index >= 15 is 0 Å². The van der Waals surface area contributed by atoms with Crippen molar-refractivity contribution in [3.05, 3.63) is 35.9 Å². The van der Waals surface area contributed by atoms with E-state index in [1.165, 1.54) is 0 Å². The number of carbonyl (C=O) groups excluding carboxylic acids is 1. The molecule has 0 radical (unpaired) electrons. The first-order valence-electron chi connectivity index (χ1n) is 5.92. The molecule has 0 saturated heterocycles. The van der Waals surface area contributed by atoms with E-state index in [0.29, 0.717) is 19.4 Å². The maximum Gasteiger partial charge on any atom is 0.237 e. The van der Waals surface area contributed by atoms with Crippen LogP contribution in [0.3, 0.4) is 0 Å². The molecule has 1 atom stereocenters. The molecule has 1 amide bonds. The van der Waals surface area contributed by atoms with Gasteiger partial charge >= 0.3 is 0 Å². The maximum atomic E-state index is 11.6. The molecule has 94 valence electrons. The molecular formula is C13H20N2O2. The van der Waals surface area contributed by atoms with Crippen molar-refractivity contribution in [3.63, 3.8) is 0 Å². The van der Waals surface area contributed by atoms with Gasteiger partial charge in [0.15, 0.2) is 0 Å². The summed E-state index contributed by atoms with van der Waals surface area (Å²) in [6.45, 7) is 0.730. The van der Waals surface area contributed by atoms with E-state index in [4.69, 9.17) is 10.8 Å². The summed E-state index contributed by atoms with van der Waals surface area (Å²) in [5, 5.41) is 11.4. The van der Waals surface area contributed by atoms with Crippen molar-refractivity contribution >= 4 is 5.91 Å². The normalized spacial score (nSPS) is 12.1. The Morgan fingerprint density at radius 3 is 2.65 bits per heavy atom. The average Bonchev–Trinajstić information content (AvgIpc) is 2.35. The second-order valence-corrected chi connectivity index (χ2v) is 4.02. The van der Waals surface area contributed by atoms with Gasteiger partial charge in [0.05, 0.1) is 6.04 Å². The van der Waals surface area contributed by atoms with Crippen LogP contribution in [0.5, 0.6) is 0 Å². The van der Waals surface area contributed by atoms with Crippen molar-refractivity contribution in [3.8, 4) is 0 Å². The van der Waals surface area contributed by atoms with Crippen LogP contribution in [-0.4, -0.2) is 30.2 Å². The Morgan fingerprint density at radius 1 is 1.29 bits per heavy atom. The third kappa shape index (κ3) is 5.47. The van der Waals surface area contributed by atoms with Gasteiger partial charge in [0, 0.05) is 13.2 Å². The number of aliphatic hydroxyl groups excluding tert-OH is 1. The van der Waals surface area contributed by atoms with Gasteiger partial charge in [0.1, 0.15) is 0 Å². The molecule has 4 N–H and O–H groups in total. The maximum absolute atomic E-state index is 11.6. The van der Waals surface area contributed by atoms with E-state index in [1.807, 2.05) is 30.3 Å². The number of nitrogens with two attached hydrogens (primary N) is 1. The smallest absolute Gasteiger partial charge is 0.237 e. The van der Waals surface area contributed by atoms with Crippen molar-refractivity contribution in [1.29, 1.82) is 0 Å². The largest absolute Gasteiger partial charge is 0.396 e. The van der Waals surface area contributed by atoms with Crippen molar-refractivity contribution in [1.82, 2.24) is 5.32 Å². The van der Waals surface area contributed by atoms with Gasteiger partial charge in [0.25, 0.3) is 0 Å². The van der Waals surface area contributed by atoms with Gasteiger partial charge in [-0.25, -0.2) is 0 Å². The molecule has 17 heavy (non-hydrogen) atoms. The molecule has 4 nitrogen and oxygen atoms in total. The quantitative estimate of drug-likeness (QED) is 0.601. The Morgan fingerprint density at radius 2 is 2.00 bits per heavy atom. The second-order valence-electron chi connectivity index (χ2n) is 4.02. The van der Waals surface area contributed by atoms with E-state index in [9.17, 15) is 4.79 Å². The van der Waals surface area contributed by atoms with Gasteiger partial charge in [-0.15, -0.1) is 0 Å². The van der Waals surface area contributed by atoms with Crippen LogP contribution >= 0.6 is 0 Å². The van der Waals surface area contributed by atoms with E-state index < -0.39 is 6.04 Å². The summed E-state index contributed by atoms with van der Waals surface area (Å²) in [5.74, 6) is -0.133. The van der Waals surface area contributed by atoms with Gasteiger partial charge in [-0.1, -0.05) is 30.3 Å². The lowest BCUT2D eigenvalue weighted by Gasteiger charge is -2.12. The number of unbranched alkanes of at least 4 members (excludes halogenated alkanes) is 1. The SMILES string of the molecule is N[C@H](Cc1ccccc1)C(=O)NCCCCO. The van der Waals surface area contributed by atoms with Crippen LogP contribution in [0.2, 0.25) is 0 Å². The lowest BCUT2D eigenvalue weighted by atomic mass is 10.1. The van der Waals surface area contributed by atoms with Crippen molar-refractivity contribution in [2.45, 2.75) is 25.3 Å². The van der Waals surface area contributed by atoms with Crippen molar-refractivity contribution in [2.24, 2.45) is 5.73 Å². The zero-order valence-electron chi connectivity index (χ0n) is 9.93. The standard InChI is InChI=1S/C13H20N2O2/c14-12(10-11-6-2-1-3-7-11)13(17)15-8-4-5-9-16/h1-3,6-7,12,16H,4-5,8-10,14H2,(H,15,17)/t12-/m1/s1. The highest BCUT2D eigenvalue weighted by Gasteiger charge is 2.12. The third-order valence-electron chi connectivity index (χ3n) is 2.52. The van der Waals surface area contributed by atoms with Crippen LogP contribution in [0.25, 0.3) is 0 Å². The first-order valence-corrected chi connectivity index (χ1v) is 5.92. The van der Waals surface area contributed by atoms with Crippen LogP contribution in [0.15, 0.2) is 30.3 Å². The lowest BCUT2D eigenvalue weighted by Crippen LogP contribution is -2.42. The number of rotatable bonds is 7. The van der Waals surface area contributed by atoms with E-state index in [2.05, 4.69) is 5.32 Å². The molecule has 0 heterocycles. The van der Waals surface area contributed by atoms with Gasteiger partial charge in [-0.2, -0.15) is 0 Å². The summed E-state index contributed by atoms with van der Waals surface area (Å²) in [4.78, 5) is 11.6. The Kier molecular flexibility index (Phi) is 6.29. The van der Waals surface area contributed by atoms with Crippen molar-refractivity contribution in [2.75, 3.05) is 13.2 Å². The highest BCUT2D eigenvalue weighted by Crippen LogP contribution is 2.01. The number of hydrogen-bond donors (Lipinski definition) is 3. The predicted molar refractivity (Wildman–Crippen MR) is 67.5 cm³/mol. The minimum Gasteiger partial charge on any atom is -0.396 e. The molecule has 4 heteroatoms. The lowest BCUT2D eigenvalue weighted by molar-refractivity contribution is -0.122. The predicted octanol–water partition coefficient (Wildman–Crippen LogP) is 0.445. The molecule has 0 saturated carbocycles. The fourth-order valence-electron chi connectivity index (χ4n) is 1.54. The molecule has 0 aliphatic carbocycles. The van der Waals surface area contributed by atoms with Crippen molar-refractivity contribution < 1.29 is 9.90 Å². The van der Waals surface area contributed by atoms with E-state index in [-0.39, 0.29) is 12.5 Å². The molecule has 0 bridgehead atoms. The average molecular weight is 236 g/mol. The molecule has 0 spiro atoms. The summed E-state index contributed by atoms with van der Waals surface area (Å²) in [6.07, 6.45) is 2.03. The molecule has 0 fully saturated rings. The van der Waals surface area contributed by atoms with Gasteiger partial charge in [-0.3, -0.25) is 4.79 Å². The zero-order chi connectivity index (χ0) is 12.5. The zero-order valence-corrected chi connectivity index (χ0v) is 9.93. The molecular weight excluding hydrogens is 216 g/mol. The second kappa shape index (κ2) is 7.81. The Labute approximate surface area is 102 Å². The molecule has 0 aliphatic rings. The van der Waals surface area contributed by atoms with Gasteiger partial charge < -0.3 is 16.2 Å². The summed E-state index contributed by atoms with van der Waals surface area (Å²) in [5.41, 5.74) is 6.86. The fourth-order valence-corrected chi connectivity index (χ4v) is 1.54. The first kappa shape index (κ1) is 13.7. The Bertz CT molecular complexity index is 327. The topological polar surface area (TPSA) is 75.4 Å². The molecule has 0 aliphatic heterocycles. The fraction of sp³-hybridized carbons (Fsp3) is 0.462. The number of hydrogen-bond acceptors (Lipinski definition) is 3. The van der Waals surface area contributed by atoms with Crippen LogP contribution in [0.4, 0.5) is 0 Å². The minimum atomic E-state index is -0.508. The van der Waals surface area contributed by atoms with Crippen LogP contribution in [0.1, 0.15) is 18.4 Å². The number of benzene rings is 1. The van der Waals surface area contributed by atoms with E-state index in [0.717, 1.165) is 12.0 Å². The monoisotopic (exact) mass is 236 g/mol. The third-order valence-corrected chi connectivity index (χ3v) is 2.52. The number of nitrogens with one attached hydrogen (secondary N) is 1. The highest BCUT2D eigenvalue weighted by molar-refractivity contribution is 5.81. The number of carbonyl (C=O) groups is 1. The minimum absolute atomic E-state index is 0.133. The highest BCUT2D eigenvalue weighted by atomic mass is 16.2. The summed E-state index contributed by atoms with van der Waals surface area (Å²) < 4.78 is 0. The first-order chi connectivity index (χ1) is 8.24. The molecule has 0 aromatic heterocycles. The van der Waals surface area contributed by atoms with Crippen LogP contribution < -0.4 is 11.1 Å². The van der Waals surface area contributed by atoms with Crippen LogP contribution in [0, 0.1) is 0 Å².